The predicted octanol–water partition coefficient (Wildman–Crippen LogP) is 4.01. The quantitative estimate of drug-likeness (QED) is 0.672. The van der Waals surface area contributed by atoms with Gasteiger partial charge in [-0.3, -0.25) is 0 Å². The Hall–Kier alpha value is -1.28. The Morgan fingerprint density at radius 1 is 1.30 bits per heavy atom. The maximum absolute atomic E-state index is 12.8. The molecule has 1 saturated heterocycles. The summed E-state index contributed by atoms with van der Waals surface area (Å²) in [7, 11) is -1.26. The second-order valence-corrected chi connectivity index (χ2v) is 10.5. The van der Waals surface area contributed by atoms with Crippen LogP contribution in [-0.4, -0.2) is 27.2 Å². The number of aromatic nitrogens is 1. The molecule has 5 nitrogen and oxygen atoms in total. The topological polar surface area (TPSA) is 60.5 Å². The monoisotopic (exact) mass is 452 g/mol. The van der Waals surface area contributed by atoms with E-state index >= 15 is 0 Å². The summed E-state index contributed by atoms with van der Waals surface area (Å²) in [5.41, 5.74) is 2.16. The molecule has 7 heteroatoms. The number of aryl methyl sites for hydroxylation is 1. The first-order valence-corrected chi connectivity index (χ1v) is 10.8. The lowest BCUT2D eigenvalue weighted by Crippen LogP contribution is -2.60. The maximum Gasteiger partial charge on any atom is 0.143 e. The summed E-state index contributed by atoms with van der Waals surface area (Å²) in [6.45, 7) is 9.03. The highest BCUT2D eigenvalue weighted by molar-refractivity contribution is 9.10. The van der Waals surface area contributed by atoms with E-state index in [9.17, 15) is 4.21 Å². The fourth-order valence-corrected chi connectivity index (χ4v) is 3.80. The van der Waals surface area contributed by atoms with Crippen molar-refractivity contribution in [1.82, 2.24) is 9.71 Å². The molecule has 27 heavy (non-hydrogen) atoms. The normalized spacial score (nSPS) is 17.2. The number of nitrogens with one attached hydrogen (secondary N) is 1. The standard InChI is InChI=1S/C20H25BrN2O3S/c1-14-10-16(26-11-15-8-6-5-7-9-15)17(22-18(14)21)20(12-25-13-20)23-27(24)19(2,3)4/h5-10,23H,11-13H2,1-4H3. The van der Waals surface area contributed by atoms with Crippen LogP contribution < -0.4 is 9.46 Å². The van der Waals surface area contributed by atoms with Crippen LogP contribution in [0.25, 0.3) is 0 Å². The number of hydrogen-bond acceptors (Lipinski definition) is 4. The number of benzene rings is 1. The molecule has 1 aromatic carbocycles. The highest BCUT2D eigenvalue weighted by Gasteiger charge is 2.47. The number of hydrogen-bond donors (Lipinski definition) is 1. The fourth-order valence-electron chi connectivity index (χ4n) is 2.63. The summed E-state index contributed by atoms with van der Waals surface area (Å²) in [5, 5.41) is 0. The van der Waals surface area contributed by atoms with Gasteiger partial charge in [-0.2, -0.15) is 0 Å². The van der Waals surface area contributed by atoms with Gasteiger partial charge in [0.25, 0.3) is 0 Å². The average Bonchev–Trinajstić information content (AvgIpc) is 2.59. The molecular weight excluding hydrogens is 428 g/mol. The van der Waals surface area contributed by atoms with Crippen LogP contribution in [0.5, 0.6) is 5.75 Å². The third-order valence-electron chi connectivity index (χ3n) is 4.35. The predicted molar refractivity (Wildman–Crippen MR) is 111 cm³/mol. The third kappa shape index (κ3) is 4.59. The number of ether oxygens (including phenoxy) is 2. The SMILES string of the molecule is Cc1cc(OCc2ccccc2)c(C2(NS(=O)C(C)(C)C)COC2)nc1Br. The zero-order valence-electron chi connectivity index (χ0n) is 16.0. The van der Waals surface area contributed by atoms with Crippen LogP contribution in [-0.2, 0) is 27.9 Å². The van der Waals surface area contributed by atoms with E-state index in [0.717, 1.165) is 21.4 Å². The summed E-state index contributed by atoms with van der Waals surface area (Å²) in [6, 6.07) is 12.0. The van der Waals surface area contributed by atoms with Gasteiger partial charge in [0.05, 0.1) is 28.9 Å². The molecule has 1 aliphatic rings. The fraction of sp³-hybridized carbons (Fsp3) is 0.450. The van der Waals surface area contributed by atoms with Gasteiger partial charge in [0.2, 0.25) is 0 Å². The third-order valence-corrected chi connectivity index (χ3v) is 6.84. The smallest absolute Gasteiger partial charge is 0.143 e. The molecule has 2 aromatic rings. The van der Waals surface area contributed by atoms with E-state index in [4.69, 9.17) is 14.5 Å². The minimum absolute atomic E-state index is 0.393. The molecule has 1 aliphatic heterocycles. The lowest BCUT2D eigenvalue weighted by Gasteiger charge is -2.43. The molecule has 1 fully saturated rings. The molecule has 0 spiro atoms. The first kappa shape index (κ1) is 20.5. The van der Waals surface area contributed by atoms with Crippen LogP contribution >= 0.6 is 15.9 Å². The Balaban J connectivity index is 1.93. The van der Waals surface area contributed by atoms with E-state index in [2.05, 4.69) is 20.7 Å². The van der Waals surface area contributed by atoms with Crippen LogP contribution in [0.2, 0.25) is 0 Å². The Kier molecular flexibility index (Phi) is 6.05. The highest BCUT2D eigenvalue weighted by atomic mass is 79.9. The van der Waals surface area contributed by atoms with Crippen molar-refractivity contribution in [2.75, 3.05) is 13.2 Å². The lowest BCUT2D eigenvalue weighted by atomic mass is 9.93. The van der Waals surface area contributed by atoms with E-state index < -0.39 is 21.3 Å². The molecule has 1 unspecified atom stereocenters. The zero-order chi connectivity index (χ0) is 19.7. The molecule has 0 amide bonds. The van der Waals surface area contributed by atoms with Crippen LogP contribution in [0.3, 0.4) is 0 Å². The van der Waals surface area contributed by atoms with Gasteiger partial charge >= 0.3 is 0 Å². The lowest BCUT2D eigenvalue weighted by molar-refractivity contribution is -0.0694. The Labute approximate surface area is 171 Å². The van der Waals surface area contributed by atoms with Gasteiger partial charge in [-0.25, -0.2) is 13.9 Å². The van der Waals surface area contributed by atoms with Crippen molar-refractivity contribution in [2.45, 2.75) is 44.6 Å². The van der Waals surface area contributed by atoms with E-state index in [1.807, 2.05) is 64.1 Å². The Morgan fingerprint density at radius 2 is 1.96 bits per heavy atom. The van der Waals surface area contributed by atoms with Crippen LogP contribution in [0.15, 0.2) is 41.0 Å². The van der Waals surface area contributed by atoms with Crippen molar-refractivity contribution in [3.8, 4) is 5.75 Å². The molecular formula is C20H25BrN2O3S. The van der Waals surface area contributed by atoms with Gasteiger partial charge < -0.3 is 9.47 Å². The van der Waals surface area contributed by atoms with Gasteiger partial charge in [-0.15, -0.1) is 0 Å². The minimum atomic E-state index is -1.26. The largest absolute Gasteiger partial charge is 0.487 e. The van der Waals surface area contributed by atoms with Crippen molar-refractivity contribution < 1.29 is 13.7 Å². The summed E-state index contributed by atoms with van der Waals surface area (Å²) >= 11 is 3.52. The molecule has 3 rings (SSSR count). The van der Waals surface area contributed by atoms with E-state index in [1.54, 1.807) is 0 Å². The molecule has 0 radical (unpaired) electrons. The van der Waals surface area contributed by atoms with Crippen molar-refractivity contribution in [3.63, 3.8) is 0 Å². The first-order chi connectivity index (χ1) is 12.7. The maximum atomic E-state index is 12.8. The van der Waals surface area contributed by atoms with E-state index in [0.29, 0.717) is 25.6 Å². The molecule has 1 atom stereocenters. The number of rotatable bonds is 6. The summed E-state index contributed by atoms with van der Waals surface area (Å²) < 4.78 is 28.0. The summed E-state index contributed by atoms with van der Waals surface area (Å²) in [5.74, 6) is 0.682. The summed E-state index contributed by atoms with van der Waals surface area (Å²) in [4.78, 5) is 4.73. The first-order valence-electron chi connectivity index (χ1n) is 8.83. The molecule has 1 aromatic heterocycles. The van der Waals surface area contributed by atoms with Crippen molar-refractivity contribution in [3.05, 3.63) is 57.8 Å². The molecule has 0 aliphatic carbocycles. The number of nitrogens with zero attached hydrogens (tertiary/aromatic N) is 1. The minimum Gasteiger partial charge on any atom is -0.487 e. The highest BCUT2D eigenvalue weighted by Crippen LogP contribution is 2.38. The van der Waals surface area contributed by atoms with Gasteiger partial charge in [0, 0.05) is 0 Å². The zero-order valence-corrected chi connectivity index (χ0v) is 18.4. The van der Waals surface area contributed by atoms with Gasteiger partial charge in [-0.05, 0) is 60.8 Å². The molecule has 0 bridgehead atoms. The van der Waals surface area contributed by atoms with Gasteiger partial charge in [0.1, 0.15) is 28.2 Å². The Morgan fingerprint density at radius 3 is 2.52 bits per heavy atom. The molecule has 0 saturated carbocycles. The van der Waals surface area contributed by atoms with Crippen molar-refractivity contribution in [2.24, 2.45) is 0 Å². The van der Waals surface area contributed by atoms with E-state index in [1.165, 1.54) is 0 Å². The number of halogens is 1. The van der Waals surface area contributed by atoms with Gasteiger partial charge in [0.15, 0.2) is 0 Å². The number of pyridine rings is 1. The average molecular weight is 453 g/mol. The molecule has 2 heterocycles. The second-order valence-electron chi connectivity index (χ2n) is 7.78. The van der Waals surface area contributed by atoms with Crippen LogP contribution in [0, 0.1) is 6.92 Å². The molecule has 146 valence electrons. The molecule has 1 N–H and O–H groups in total. The van der Waals surface area contributed by atoms with Gasteiger partial charge in [-0.1, -0.05) is 30.3 Å². The van der Waals surface area contributed by atoms with Crippen LogP contribution in [0.1, 0.15) is 37.6 Å². The summed E-state index contributed by atoms with van der Waals surface area (Å²) in [6.07, 6.45) is 0. The second kappa shape index (κ2) is 7.99. The van der Waals surface area contributed by atoms with Crippen molar-refractivity contribution in [1.29, 1.82) is 0 Å². The van der Waals surface area contributed by atoms with Crippen molar-refractivity contribution >= 4 is 26.9 Å². The van der Waals surface area contributed by atoms with Crippen LogP contribution in [0.4, 0.5) is 0 Å². The van der Waals surface area contributed by atoms with E-state index in [-0.39, 0.29) is 0 Å². The Bertz CT molecular complexity index is 833.